The standard InChI is InChI=1S/C27H23N3O4/c1-17-23(29-14-7-6-13-21(29)28-17)25(31)22-24(19-11-8-12-20(15-19)34-2)30(27(33)26(22)32)16-18-9-4-3-5-10-18/h3-15,24,31H,16H2,1-2H3. The number of hydrogen-bond donors (Lipinski definition) is 1. The largest absolute Gasteiger partial charge is 0.505 e. The van der Waals surface area contributed by atoms with Crippen molar-refractivity contribution in [2.75, 3.05) is 7.11 Å². The van der Waals surface area contributed by atoms with Gasteiger partial charge < -0.3 is 14.7 Å². The van der Waals surface area contributed by atoms with Crippen LogP contribution in [0.4, 0.5) is 0 Å². The Morgan fingerprint density at radius 2 is 1.79 bits per heavy atom. The van der Waals surface area contributed by atoms with E-state index >= 15 is 0 Å². The normalized spacial score (nSPS) is 17.5. The molecule has 2 aromatic heterocycles. The van der Waals surface area contributed by atoms with Crippen LogP contribution in [0.5, 0.6) is 5.75 Å². The molecule has 0 bridgehead atoms. The number of ketones is 1. The first-order valence-electron chi connectivity index (χ1n) is 10.9. The maximum Gasteiger partial charge on any atom is 0.295 e. The van der Waals surface area contributed by atoms with Crippen LogP contribution in [0.15, 0.2) is 84.6 Å². The number of Topliss-reactive ketones (excluding diaryl/α,β-unsaturated/α-hetero) is 1. The second-order valence-electron chi connectivity index (χ2n) is 8.16. The summed E-state index contributed by atoms with van der Waals surface area (Å²) in [6, 6.07) is 21.4. The molecule has 4 aromatic rings. The van der Waals surface area contributed by atoms with Crippen LogP contribution in [0, 0.1) is 6.92 Å². The summed E-state index contributed by atoms with van der Waals surface area (Å²) in [5.74, 6) is -1.05. The number of aliphatic hydroxyl groups is 1. The Morgan fingerprint density at radius 3 is 2.56 bits per heavy atom. The fourth-order valence-corrected chi connectivity index (χ4v) is 4.51. The van der Waals surface area contributed by atoms with Crippen molar-refractivity contribution >= 4 is 23.1 Å². The number of fused-ring (bicyclic) bond motifs is 1. The van der Waals surface area contributed by atoms with Crippen LogP contribution in [0.25, 0.3) is 11.4 Å². The second kappa shape index (κ2) is 8.51. The van der Waals surface area contributed by atoms with Crippen LogP contribution in [-0.2, 0) is 16.1 Å². The van der Waals surface area contributed by atoms with Gasteiger partial charge in [0.15, 0.2) is 5.76 Å². The number of imidazole rings is 1. The third-order valence-electron chi connectivity index (χ3n) is 6.07. The number of amides is 1. The fourth-order valence-electron chi connectivity index (χ4n) is 4.51. The van der Waals surface area contributed by atoms with Crippen LogP contribution in [0.1, 0.15) is 28.6 Å². The van der Waals surface area contributed by atoms with E-state index in [9.17, 15) is 14.7 Å². The molecule has 3 heterocycles. The zero-order chi connectivity index (χ0) is 23.8. The molecular weight excluding hydrogens is 430 g/mol. The molecular formula is C27H23N3O4. The van der Waals surface area contributed by atoms with Gasteiger partial charge in [-0.15, -0.1) is 0 Å². The van der Waals surface area contributed by atoms with E-state index in [0.29, 0.717) is 28.3 Å². The molecule has 5 rings (SSSR count). The predicted molar refractivity (Wildman–Crippen MR) is 127 cm³/mol. The number of aryl methyl sites for hydroxylation is 1. The van der Waals surface area contributed by atoms with Crippen molar-refractivity contribution in [3.05, 3.63) is 107 Å². The predicted octanol–water partition coefficient (Wildman–Crippen LogP) is 4.27. The summed E-state index contributed by atoms with van der Waals surface area (Å²) < 4.78 is 7.11. The highest BCUT2D eigenvalue weighted by Gasteiger charge is 2.46. The third kappa shape index (κ3) is 3.51. The first kappa shape index (κ1) is 21.5. The quantitative estimate of drug-likeness (QED) is 0.277. The van der Waals surface area contributed by atoms with Gasteiger partial charge in [-0.2, -0.15) is 0 Å². The second-order valence-corrected chi connectivity index (χ2v) is 8.16. The molecule has 1 N–H and O–H groups in total. The molecule has 0 saturated carbocycles. The number of rotatable bonds is 5. The fraction of sp³-hybridized carbons (Fsp3) is 0.148. The maximum atomic E-state index is 13.4. The van der Waals surface area contributed by atoms with Gasteiger partial charge in [0.05, 0.1) is 24.4 Å². The number of likely N-dealkylation sites (tertiary alicyclic amines) is 1. The molecule has 1 atom stereocenters. The third-order valence-corrected chi connectivity index (χ3v) is 6.07. The maximum absolute atomic E-state index is 13.4. The Hall–Kier alpha value is -4.39. The van der Waals surface area contributed by atoms with E-state index in [1.807, 2.05) is 54.6 Å². The number of aromatic nitrogens is 2. The van der Waals surface area contributed by atoms with Gasteiger partial charge in [0, 0.05) is 12.7 Å². The molecule has 1 fully saturated rings. The average Bonchev–Trinajstić information content (AvgIpc) is 3.32. The minimum absolute atomic E-state index is 0.0305. The van der Waals surface area contributed by atoms with E-state index in [4.69, 9.17) is 4.74 Å². The van der Waals surface area contributed by atoms with Crippen LogP contribution in [-0.4, -0.2) is 38.2 Å². The summed E-state index contributed by atoms with van der Waals surface area (Å²) in [7, 11) is 1.56. The van der Waals surface area contributed by atoms with Crippen molar-refractivity contribution in [3.63, 3.8) is 0 Å². The highest BCUT2D eigenvalue weighted by molar-refractivity contribution is 6.46. The molecule has 0 aliphatic carbocycles. The van der Waals surface area contributed by atoms with Crippen molar-refractivity contribution in [1.29, 1.82) is 0 Å². The lowest BCUT2D eigenvalue weighted by atomic mass is 9.96. The summed E-state index contributed by atoms with van der Waals surface area (Å²) >= 11 is 0. The first-order chi connectivity index (χ1) is 16.5. The number of carbonyl (C=O) groups excluding carboxylic acids is 2. The zero-order valence-electron chi connectivity index (χ0n) is 18.8. The highest BCUT2D eigenvalue weighted by Crippen LogP contribution is 2.41. The monoisotopic (exact) mass is 453 g/mol. The highest BCUT2D eigenvalue weighted by atomic mass is 16.5. The lowest BCUT2D eigenvalue weighted by molar-refractivity contribution is -0.140. The molecule has 1 unspecified atom stereocenters. The van der Waals surface area contributed by atoms with Gasteiger partial charge in [-0.1, -0.05) is 48.5 Å². The van der Waals surface area contributed by atoms with Crippen molar-refractivity contribution in [2.45, 2.75) is 19.5 Å². The van der Waals surface area contributed by atoms with E-state index in [1.54, 1.807) is 42.8 Å². The van der Waals surface area contributed by atoms with Gasteiger partial charge in [0.1, 0.15) is 17.1 Å². The topological polar surface area (TPSA) is 84.1 Å². The zero-order valence-corrected chi connectivity index (χ0v) is 18.8. The van der Waals surface area contributed by atoms with Gasteiger partial charge in [0.25, 0.3) is 11.7 Å². The van der Waals surface area contributed by atoms with Gasteiger partial charge in [-0.05, 0) is 42.3 Å². The number of methoxy groups -OCH3 is 1. The molecule has 0 spiro atoms. The average molecular weight is 453 g/mol. The van der Waals surface area contributed by atoms with E-state index in [0.717, 1.165) is 5.56 Å². The van der Waals surface area contributed by atoms with Crippen LogP contribution in [0.2, 0.25) is 0 Å². The summed E-state index contributed by atoms with van der Waals surface area (Å²) in [6.45, 7) is 1.98. The van der Waals surface area contributed by atoms with E-state index < -0.39 is 17.7 Å². The minimum atomic E-state index is -0.788. The number of ether oxygens (including phenoxy) is 1. The number of benzene rings is 2. The minimum Gasteiger partial charge on any atom is -0.505 e. The van der Waals surface area contributed by atoms with Crippen molar-refractivity contribution < 1.29 is 19.4 Å². The molecule has 0 radical (unpaired) electrons. The lowest BCUT2D eigenvalue weighted by Crippen LogP contribution is -2.29. The van der Waals surface area contributed by atoms with Crippen LogP contribution in [0.3, 0.4) is 0 Å². The Morgan fingerprint density at radius 1 is 1.03 bits per heavy atom. The number of aliphatic hydroxyl groups excluding tert-OH is 1. The molecule has 1 aliphatic heterocycles. The molecule has 1 saturated heterocycles. The van der Waals surface area contributed by atoms with E-state index in [2.05, 4.69) is 4.98 Å². The summed E-state index contributed by atoms with van der Waals surface area (Å²) in [4.78, 5) is 32.6. The lowest BCUT2D eigenvalue weighted by Gasteiger charge is -2.25. The Labute approximate surface area is 196 Å². The number of hydrogen-bond acceptors (Lipinski definition) is 5. The summed E-state index contributed by atoms with van der Waals surface area (Å²) in [5.41, 5.74) is 3.16. The number of pyridine rings is 1. The van der Waals surface area contributed by atoms with Crippen LogP contribution < -0.4 is 4.74 Å². The van der Waals surface area contributed by atoms with E-state index in [-0.39, 0.29) is 17.9 Å². The molecule has 1 aliphatic rings. The SMILES string of the molecule is COc1cccc(C2C(=C(O)c3c(C)nc4ccccn34)C(=O)C(=O)N2Cc2ccccc2)c1. The number of carbonyl (C=O) groups is 2. The van der Waals surface area contributed by atoms with E-state index in [1.165, 1.54) is 4.90 Å². The smallest absolute Gasteiger partial charge is 0.295 e. The van der Waals surface area contributed by atoms with Crippen molar-refractivity contribution in [2.24, 2.45) is 0 Å². The van der Waals surface area contributed by atoms with Crippen molar-refractivity contribution in [1.82, 2.24) is 14.3 Å². The molecule has 2 aromatic carbocycles. The molecule has 7 heteroatoms. The summed E-state index contributed by atoms with van der Waals surface area (Å²) in [5, 5.41) is 11.5. The summed E-state index contributed by atoms with van der Waals surface area (Å²) in [6.07, 6.45) is 1.77. The Kier molecular flexibility index (Phi) is 5.37. The van der Waals surface area contributed by atoms with Gasteiger partial charge >= 0.3 is 0 Å². The van der Waals surface area contributed by atoms with Gasteiger partial charge in [0.2, 0.25) is 0 Å². The molecule has 7 nitrogen and oxygen atoms in total. The number of nitrogens with zero attached hydrogens (tertiary/aromatic N) is 3. The Bertz CT molecular complexity index is 1440. The van der Waals surface area contributed by atoms with Gasteiger partial charge in [-0.25, -0.2) is 4.98 Å². The molecule has 1 amide bonds. The first-order valence-corrected chi connectivity index (χ1v) is 10.9. The molecule has 170 valence electrons. The van der Waals surface area contributed by atoms with Crippen molar-refractivity contribution in [3.8, 4) is 5.75 Å². The van der Waals surface area contributed by atoms with Gasteiger partial charge in [-0.3, -0.25) is 14.0 Å². The van der Waals surface area contributed by atoms with Crippen LogP contribution >= 0.6 is 0 Å². The Balaban J connectivity index is 1.73. The molecule has 34 heavy (non-hydrogen) atoms.